The Labute approximate surface area is 104 Å². The molecule has 96 valence electrons. The maximum absolute atomic E-state index is 12.5. The Balaban J connectivity index is 2.53. The summed E-state index contributed by atoms with van der Waals surface area (Å²) < 4.78 is 24.9. The second-order valence-electron chi connectivity index (χ2n) is 3.91. The largest absolute Gasteiger partial charge is 0.357 e. The Morgan fingerprint density at radius 3 is 2.67 bits per heavy atom. The van der Waals surface area contributed by atoms with Gasteiger partial charge in [0.05, 0.1) is 12.1 Å². The summed E-state index contributed by atoms with van der Waals surface area (Å²) in [5.41, 5.74) is 0.730. The molecule has 0 amide bonds. The van der Waals surface area contributed by atoms with Crippen molar-refractivity contribution in [1.29, 1.82) is 0 Å². The summed E-state index contributed by atoms with van der Waals surface area (Å²) in [4.78, 5) is 9.96. The van der Waals surface area contributed by atoms with Crippen LogP contribution in [0.3, 0.4) is 0 Å². The van der Waals surface area contributed by atoms with Crippen molar-refractivity contribution >= 4 is 22.7 Å². The van der Waals surface area contributed by atoms with Crippen molar-refractivity contribution in [2.24, 2.45) is 0 Å². The molecule has 1 aromatic heterocycles. The molecule has 0 spiro atoms. The van der Waals surface area contributed by atoms with E-state index in [9.17, 15) is 8.78 Å². The highest BCUT2D eigenvalue weighted by molar-refractivity contribution is 5.90. The molecule has 4 nitrogen and oxygen atoms in total. The first-order chi connectivity index (χ1) is 8.61. The minimum absolute atomic E-state index is 0.357. The van der Waals surface area contributed by atoms with Crippen LogP contribution in [0.15, 0.2) is 24.3 Å². The number of fused-ring (bicyclic) bond motifs is 1. The summed E-state index contributed by atoms with van der Waals surface area (Å²) in [6.07, 6.45) is -2.40. The maximum atomic E-state index is 12.5. The zero-order valence-electron chi connectivity index (χ0n) is 10.2. The van der Waals surface area contributed by atoms with E-state index in [4.69, 9.17) is 0 Å². The van der Waals surface area contributed by atoms with Gasteiger partial charge in [-0.05, 0) is 12.1 Å². The molecule has 0 aliphatic heterocycles. The number of alkyl halides is 2. The maximum Gasteiger partial charge on any atom is 0.255 e. The molecule has 18 heavy (non-hydrogen) atoms. The van der Waals surface area contributed by atoms with Crippen LogP contribution in [0.5, 0.6) is 0 Å². The number of anilines is 2. The fourth-order valence-corrected chi connectivity index (χ4v) is 1.76. The van der Waals surface area contributed by atoms with E-state index < -0.39 is 6.43 Å². The Kier molecular flexibility index (Phi) is 3.55. The lowest BCUT2D eigenvalue weighted by atomic mass is 10.2. The summed E-state index contributed by atoms with van der Waals surface area (Å²) in [5.74, 6) is 0.926. The monoisotopic (exact) mass is 252 g/mol. The summed E-state index contributed by atoms with van der Waals surface area (Å²) >= 11 is 0. The molecule has 0 fully saturated rings. The van der Waals surface area contributed by atoms with E-state index in [2.05, 4.69) is 15.3 Å². The number of aromatic nitrogens is 2. The van der Waals surface area contributed by atoms with Crippen LogP contribution in [0.4, 0.5) is 20.5 Å². The molecule has 2 aromatic rings. The first-order valence-electron chi connectivity index (χ1n) is 5.55. The van der Waals surface area contributed by atoms with Crippen molar-refractivity contribution in [2.45, 2.75) is 6.43 Å². The molecule has 0 aliphatic carbocycles. The zero-order valence-corrected chi connectivity index (χ0v) is 10.2. The van der Waals surface area contributed by atoms with E-state index in [1.807, 2.05) is 24.3 Å². The van der Waals surface area contributed by atoms with Crippen molar-refractivity contribution in [3.8, 4) is 0 Å². The van der Waals surface area contributed by atoms with Crippen LogP contribution < -0.4 is 10.2 Å². The van der Waals surface area contributed by atoms with Gasteiger partial charge in [-0.2, -0.15) is 4.98 Å². The first-order valence-corrected chi connectivity index (χ1v) is 5.55. The Morgan fingerprint density at radius 1 is 1.28 bits per heavy atom. The van der Waals surface area contributed by atoms with Crippen LogP contribution in [0, 0.1) is 0 Å². The van der Waals surface area contributed by atoms with Gasteiger partial charge in [0.2, 0.25) is 5.95 Å². The van der Waals surface area contributed by atoms with Gasteiger partial charge in [0, 0.05) is 19.5 Å². The molecule has 0 radical (unpaired) electrons. The second kappa shape index (κ2) is 5.12. The molecule has 6 heteroatoms. The van der Waals surface area contributed by atoms with E-state index in [1.54, 1.807) is 14.1 Å². The minimum Gasteiger partial charge on any atom is -0.357 e. The van der Waals surface area contributed by atoms with Gasteiger partial charge in [-0.3, -0.25) is 0 Å². The highest BCUT2D eigenvalue weighted by Crippen LogP contribution is 2.24. The molecular formula is C12H14F2N4. The average molecular weight is 252 g/mol. The van der Waals surface area contributed by atoms with E-state index in [1.165, 1.54) is 4.90 Å². The lowest BCUT2D eigenvalue weighted by Gasteiger charge is -2.19. The molecule has 0 unspecified atom stereocenters. The van der Waals surface area contributed by atoms with E-state index in [0.717, 1.165) is 10.9 Å². The molecular weight excluding hydrogens is 238 g/mol. The fourth-order valence-electron chi connectivity index (χ4n) is 1.76. The Hall–Kier alpha value is -1.98. The summed E-state index contributed by atoms with van der Waals surface area (Å²) in [7, 11) is 3.29. The van der Waals surface area contributed by atoms with Crippen LogP contribution in [-0.2, 0) is 0 Å². The van der Waals surface area contributed by atoms with Gasteiger partial charge in [-0.1, -0.05) is 12.1 Å². The number of halogens is 2. The van der Waals surface area contributed by atoms with Crippen LogP contribution in [-0.4, -0.2) is 37.0 Å². The van der Waals surface area contributed by atoms with Gasteiger partial charge in [-0.25, -0.2) is 13.8 Å². The van der Waals surface area contributed by atoms with Crippen LogP contribution in [0.1, 0.15) is 0 Å². The molecule has 0 aliphatic rings. The van der Waals surface area contributed by atoms with Crippen molar-refractivity contribution in [3.05, 3.63) is 24.3 Å². The normalized spacial score (nSPS) is 10.9. The predicted octanol–water partition coefficient (Wildman–Crippen LogP) is 2.37. The number of hydrogen-bond acceptors (Lipinski definition) is 4. The quantitative estimate of drug-likeness (QED) is 0.907. The summed E-state index contributed by atoms with van der Waals surface area (Å²) in [6.45, 7) is -0.357. The van der Waals surface area contributed by atoms with Gasteiger partial charge >= 0.3 is 0 Å². The zero-order chi connectivity index (χ0) is 13.1. The van der Waals surface area contributed by atoms with Gasteiger partial charge in [0.1, 0.15) is 5.82 Å². The molecule has 0 saturated carbocycles. The van der Waals surface area contributed by atoms with Crippen LogP contribution >= 0.6 is 0 Å². The van der Waals surface area contributed by atoms with E-state index >= 15 is 0 Å². The minimum atomic E-state index is -2.40. The number of rotatable bonds is 4. The standard InChI is InChI=1S/C12H14F2N4/c1-15-12-16-9-6-4-3-5-8(9)11(17-12)18(2)7-10(13)14/h3-6,10H,7H2,1-2H3,(H,15,16,17). The van der Waals surface area contributed by atoms with Gasteiger partial charge in [0.15, 0.2) is 0 Å². The van der Waals surface area contributed by atoms with Crippen molar-refractivity contribution in [1.82, 2.24) is 9.97 Å². The number of nitrogens with one attached hydrogen (secondary N) is 1. The Bertz CT molecular complexity index is 545. The SMILES string of the molecule is CNc1nc(N(C)CC(F)F)c2ccccc2n1. The van der Waals surface area contributed by atoms with Crippen molar-refractivity contribution in [2.75, 3.05) is 30.9 Å². The topological polar surface area (TPSA) is 41.1 Å². The smallest absolute Gasteiger partial charge is 0.255 e. The van der Waals surface area contributed by atoms with E-state index in [0.29, 0.717) is 11.8 Å². The third kappa shape index (κ3) is 2.47. The third-order valence-electron chi connectivity index (χ3n) is 2.58. The Morgan fingerprint density at radius 2 is 2.00 bits per heavy atom. The van der Waals surface area contributed by atoms with Crippen molar-refractivity contribution in [3.63, 3.8) is 0 Å². The average Bonchev–Trinajstić information content (AvgIpc) is 2.36. The van der Waals surface area contributed by atoms with Gasteiger partial charge < -0.3 is 10.2 Å². The molecule has 0 atom stereocenters. The molecule has 0 bridgehead atoms. The van der Waals surface area contributed by atoms with E-state index in [-0.39, 0.29) is 6.54 Å². The predicted molar refractivity (Wildman–Crippen MR) is 68.4 cm³/mol. The number of hydrogen-bond donors (Lipinski definition) is 1. The third-order valence-corrected chi connectivity index (χ3v) is 2.58. The van der Waals surface area contributed by atoms with Gasteiger partial charge in [-0.15, -0.1) is 0 Å². The fraction of sp³-hybridized carbons (Fsp3) is 0.333. The second-order valence-corrected chi connectivity index (χ2v) is 3.91. The van der Waals surface area contributed by atoms with Crippen LogP contribution in [0.25, 0.3) is 10.9 Å². The summed E-state index contributed by atoms with van der Waals surface area (Å²) in [5, 5.41) is 3.59. The molecule has 1 heterocycles. The molecule has 0 saturated heterocycles. The lowest BCUT2D eigenvalue weighted by molar-refractivity contribution is 0.156. The molecule has 2 rings (SSSR count). The highest BCUT2D eigenvalue weighted by Gasteiger charge is 2.14. The van der Waals surface area contributed by atoms with Gasteiger partial charge in [0.25, 0.3) is 6.43 Å². The first kappa shape index (κ1) is 12.5. The number of nitrogens with zero attached hydrogens (tertiary/aromatic N) is 3. The van der Waals surface area contributed by atoms with Crippen LogP contribution in [0.2, 0.25) is 0 Å². The molecule has 1 N–H and O–H groups in total. The van der Waals surface area contributed by atoms with Crippen molar-refractivity contribution < 1.29 is 8.78 Å². The number of benzene rings is 1. The highest BCUT2D eigenvalue weighted by atomic mass is 19.3. The number of para-hydroxylation sites is 1. The summed E-state index contributed by atoms with van der Waals surface area (Å²) in [6, 6.07) is 7.35. The lowest BCUT2D eigenvalue weighted by Crippen LogP contribution is -2.25. The molecule has 1 aromatic carbocycles.